The molecule has 1 saturated heterocycles. The zero-order valence-corrected chi connectivity index (χ0v) is 11.6. The van der Waals surface area contributed by atoms with Gasteiger partial charge in [0.1, 0.15) is 0 Å². The molecule has 108 valence electrons. The second-order valence-corrected chi connectivity index (χ2v) is 6.13. The Morgan fingerprint density at radius 2 is 1.79 bits per heavy atom. The van der Waals surface area contributed by atoms with Gasteiger partial charge in [-0.1, -0.05) is 0 Å². The van der Waals surface area contributed by atoms with E-state index in [9.17, 15) is 4.79 Å². The second kappa shape index (κ2) is 5.29. The molecule has 1 heterocycles. The molecule has 2 amide bonds. The van der Waals surface area contributed by atoms with Crippen molar-refractivity contribution in [3.8, 4) is 0 Å². The van der Waals surface area contributed by atoms with Crippen LogP contribution in [0.5, 0.6) is 0 Å². The molecule has 0 aromatic heterocycles. The molecule has 5 heteroatoms. The lowest BCUT2D eigenvalue weighted by Crippen LogP contribution is -2.49. The fourth-order valence-corrected chi connectivity index (χ4v) is 3.14. The highest BCUT2D eigenvalue weighted by Gasteiger charge is 2.40. The summed E-state index contributed by atoms with van der Waals surface area (Å²) in [6.45, 7) is 3.50. The summed E-state index contributed by atoms with van der Waals surface area (Å²) in [4.78, 5) is 11.9. The van der Waals surface area contributed by atoms with Crippen molar-refractivity contribution < 1.29 is 14.3 Å². The summed E-state index contributed by atoms with van der Waals surface area (Å²) < 4.78 is 11.4. The molecule has 2 N–H and O–H groups in total. The molecular formula is C14H24N2O3. The van der Waals surface area contributed by atoms with Crippen LogP contribution in [0.15, 0.2) is 0 Å². The van der Waals surface area contributed by atoms with E-state index in [0.29, 0.717) is 25.2 Å². The van der Waals surface area contributed by atoms with E-state index in [4.69, 9.17) is 9.47 Å². The third-order valence-electron chi connectivity index (χ3n) is 4.58. The first kappa shape index (κ1) is 13.2. The third-order valence-corrected chi connectivity index (χ3v) is 4.58. The van der Waals surface area contributed by atoms with E-state index in [1.165, 1.54) is 12.8 Å². The van der Waals surface area contributed by atoms with E-state index >= 15 is 0 Å². The molecule has 2 saturated carbocycles. The Morgan fingerprint density at radius 3 is 2.37 bits per heavy atom. The quantitative estimate of drug-likeness (QED) is 0.820. The van der Waals surface area contributed by atoms with Gasteiger partial charge in [-0.25, -0.2) is 4.79 Å². The fraction of sp³-hybridized carbons (Fsp3) is 0.929. The minimum Gasteiger partial charge on any atom is -0.348 e. The average Bonchev–Trinajstić information content (AvgIpc) is 3.15. The van der Waals surface area contributed by atoms with E-state index in [1.54, 1.807) is 0 Å². The van der Waals surface area contributed by atoms with Crippen LogP contribution in [0.25, 0.3) is 0 Å². The van der Waals surface area contributed by atoms with Gasteiger partial charge in [0.15, 0.2) is 5.79 Å². The number of carbonyl (C=O) groups excluding carboxylic acids is 1. The van der Waals surface area contributed by atoms with Crippen LogP contribution in [0.1, 0.15) is 45.4 Å². The maximum absolute atomic E-state index is 11.9. The first-order valence-corrected chi connectivity index (χ1v) is 7.52. The Kier molecular flexibility index (Phi) is 3.67. The van der Waals surface area contributed by atoms with E-state index in [1.807, 2.05) is 0 Å². The van der Waals surface area contributed by atoms with E-state index < -0.39 is 0 Å². The molecule has 0 aromatic rings. The van der Waals surface area contributed by atoms with Crippen molar-refractivity contribution in [1.82, 2.24) is 10.6 Å². The number of urea groups is 1. The highest BCUT2D eigenvalue weighted by Crippen LogP contribution is 2.35. The molecular weight excluding hydrogens is 244 g/mol. The molecule has 0 radical (unpaired) electrons. The monoisotopic (exact) mass is 268 g/mol. The second-order valence-electron chi connectivity index (χ2n) is 6.13. The Morgan fingerprint density at radius 1 is 1.16 bits per heavy atom. The zero-order valence-electron chi connectivity index (χ0n) is 11.6. The van der Waals surface area contributed by atoms with Gasteiger partial charge in [-0.05, 0) is 38.5 Å². The molecule has 3 fully saturated rings. The van der Waals surface area contributed by atoms with Crippen molar-refractivity contribution in [2.75, 3.05) is 13.2 Å². The summed E-state index contributed by atoms with van der Waals surface area (Å²) in [5.41, 5.74) is 0. The summed E-state index contributed by atoms with van der Waals surface area (Å²) in [5.74, 6) is 0.358. The average molecular weight is 268 g/mol. The summed E-state index contributed by atoms with van der Waals surface area (Å²) >= 11 is 0. The molecule has 1 unspecified atom stereocenters. The van der Waals surface area contributed by atoms with Crippen molar-refractivity contribution in [2.45, 2.75) is 63.3 Å². The lowest BCUT2D eigenvalue weighted by Gasteiger charge is -2.35. The number of hydrogen-bond donors (Lipinski definition) is 2. The first-order valence-electron chi connectivity index (χ1n) is 7.52. The van der Waals surface area contributed by atoms with Crippen molar-refractivity contribution in [1.29, 1.82) is 0 Å². The Hall–Kier alpha value is -0.810. The maximum atomic E-state index is 11.9. The molecule has 1 spiro atoms. The van der Waals surface area contributed by atoms with Crippen molar-refractivity contribution in [2.24, 2.45) is 5.92 Å². The van der Waals surface area contributed by atoms with E-state index in [-0.39, 0.29) is 17.9 Å². The van der Waals surface area contributed by atoms with E-state index in [0.717, 1.165) is 25.7 Å². The largest absolute Gasteiger partial charge is 0.348 e. The van der Waals surface area contributed by atoms with Gasteiger partial charge >= 0.3 is 6.03 Å². The number of rotatable bonds is 3. The predicted molar refractivity (Wildman–Crippen MR) is 70.7 cm³/mol. The summed E-state index contributed by atoms with van der Waals surface area (Å²) in [7, 11) is 0. The standard InChI is InChI=1S/C14H24N2O3/c1-10(11-2-3-11)15-13(17)16-12-4-6-14(7-5-12)18-8-9-19-14/h10-12H,2-9H2,1H3,(H2,15,16,17). The molecule has 2 aliphatic carbocycles. The lowest BCUT2D eigenvalue weighted by molar-refractivity contribution is -0.179. The topological polar surface area (TPSA) is 59.6 Å². The molecule has 1 atom stereocenters. The summed E-state index contributed by atoms with van der Waals surface area (Å²) in [5, 5.41) is 6.12. The smallest absolute Gasteiger partial charge is 0.315 e. The predicted octanol–water partition coefficient (Wildman–Crippen LogP) is 1.77. The maximum Gasteiger partial charge on any atom is 0.315 e. The van der Waals surface area contributed by atoms with Crippen LogP contribution in [0, 0.1) is 5.92 Å². The summed E-state index contributed by atoms with van der Waals surface area (Å²) in [6.07, 6.45) is 6.15. The molecule has 0 aromatic carbocycles. The van der Waals surface area contributed by atoms with Gasteiger partial charge in [-0.3, -0.25) is 0 Å². The molecule has 3 rings (SSSR count). The molecule has 19 heavy (non-hydrogen) atoms. The van der Waals surface area contributed by atoms with Gasteiger partial charge in [0, 0.05) is 24.9 Å². The molecule has 0 bridgehead atoms. The number of ether oxygens (including phenoxy) is 2. The van der Waals surface area contributed by atoms with Crippen molar-refractivity contribution in [3.63, 3.8) is 0 Å². The normalized spacial score (nSPS) is 28.3. The highest BCUT2D eigenvalue weighted by atomic mass is 16.7. The molecule has 1 aliphatic heterocycles. The lowest BCUT2D eigenvalue weighted by atomic mass is 9.90. The summed E-state index contributed by atoms with van der Waals surface area (Å²) in [6, 6.07) is 0.537. The minimum atomic E-state index is -0.337. The van der Waals surface area contributed by atoms with Crippen molar-refractivity contribution in [3.05, 3.63) is 0 Å². The number of hydrogen-bond acceptors (Lipinski definition) is 3. The fourth-order valence-electron chi connectivity index (χ4n) is 3.14. The van der Waals surface area contributed by atoms with Crippen LogP contribution in [0.4, 0.5) is 4.79 Å². The van der Waals surface area contributed by atoms with Gasteiger partial charge in [0.2, 0.25) is 0 Å². The minimum absolute atomic E-state index is 0.0198. The first-order chi connectivity index (χ1) is 9.17. The Bertz CT molecular complexity index is 328. The Balaban J connectivity index is 1.40. The number of amides is 2. The van der Waals surface area contributed by atoms with Gasteiger partial charge in [0.25, 0.3) is 0 Å². The SMILES string of the molecule is CC(NC(=O)NC1CCC2(CC1)OCCO2)C1CC1. The van der Waals surface area contributed by atoms with E-state index in [2.05, 4.69) is 17.6 Å². The third kappa shape index (κ3) is 3.20. The van der Waals surface area contributed by atoms with Crippen LogP contribution in [0.2, 0.25) is 0 Å². The van der Waals surface area contributed by atoms with Gasteiger partial charge in [-0.2, -0.15) is 0 Å². The zero-order chi connectivity index (χ0) is 13.3. The van der Waals surface area contributed by atoms with Crippen LogP contribution in [0.3, 0.4) is 0 Å². The van der Waals surface area contributed by atoms with Crippen LogP contribution in [-0.2, 0) is 9.47 Å². The van der Waals surface area contributed by atoms with Crippen LogP contribution >= 0.6 is 0 Å². The van der Waals surface area contributed by atoms with Gasteiger partial charge in [0.05, 0.1) is 13.2 Å². The van der Waals surface area contributed by atoms with Crippen molar-refractivity contribution >= 4 is 6.03 Å². The van der Waals surface area contributed by atoms with Crippen LogP contribution < -0.4 is 10.6 Å². The Labute approximate surface area is 114 Å². The number of nitrogens with one attached hydrogen (secondary N) is 2. The van der Waals surface area contributed by atoms with Gasteiger partial charge < -0.3 is 20.1 Å². The van der Waals surface area contributed by atoms with Crippen LogP contribution in [-0.4, -0.2) is 37.1 Å². The molecule has 5 nitrogen and oxygen atoms in total. The van der Waals surface area contributed by atoms with Gasteiger partial charge in [-0.15, -0.1) is 0 Å². The highest BCUT2D eigenvalue weighted by molar-refractivity contribution is 5.74. The number of carbonyl (C=O) groups is 1. The molecule has 3 aliphatic rings.